The topological polar surface area (TPSA) is 104 Å². The van der Waals surface area contributed by atoms with Gasteiger partial charge in [0.1, 0.15) is 17.3 Å². The Bertz CT molecular complexity index is 482. The van der Waals surface area contributed by atoms with E-state index >= 15 is 0 Å². The summed E-state index contributed by atoms with van der Waals surface area (Å²) in [6.07, 6.45) is 3.44. The Morgan fingerprint density at radius 2 is 1.30 bits per heavy atom. The highest BCUT2D eigenvalue weighted by atomic mass is 32.3. The Hall–Kier alpha value is -1.12. The molecule has 0 saturated heterocycles. The average Bonchev–Trinajstić information content (AvgIpc) is 2.53. The van der Waals surface area contributed by atoms with Gasteiger partial charge < -0.3 is 0 Å². The summed E-state index contributed by atoms with van der Waals surface area (Å²) in [5.74, 6) is 0.00584. The molecule has 0 fully saturated rings. The maximum absolute atomic E-state index is 11.6. The number of hydrogen-bond acceptors (Lipinski definition) is 7. The fourth-order valence-corrected chi connectivity index (χ4v) is 2.21. The van der Waals surface area contributed by atoms with E-state index in [4.69, 9.17) is 0 Å². The third-order valence-corrected chi connectivity index (χ3v) is 4.16. The van der Waals surface area contributed by atoms with Crippen molar-refractivity contribution in [3.63, 3.8) is 0 Å². The summed E-state index contributed by atoms with van der Waals surface area (Å²) in [4.78, 5) is 34.2. The van der Waals surface area contributed by atoms with Gasteiger partial charge in [0.25, 0.3) is 0 Å². The molecule has 0 spiro atoms. The number of unbranched alkanes of at least 4 members (excludes halogenated alkanes) is 2. The minimum atomic E-state index is -3.88. The van der Waals surface area contributed by atoms with E-state index < -0.39 is 10.4 Å². The molecule has 7 nitrogen and oxygen atoms in total. The lowest BCUT2D eigenvalue weighted by Gasteiger charge is -2.03. The monoisotopic (exact) mass is 350 g/mol. The van der Waals surface area contributed by atoms with Crippen LogP contribution in [0.3, 0.4) is 0 Å². The van der Waals surface area contributed by atoms with Gasteiger partial charge in [-0.3, -0.25) is 18.6 Å². The minimum absolute atomic E-state index is 0.00518. The summed E-state index contributed by atoms with van der Waals surface area (Å²) in [5, 5.41) is 0. The third-order valence-electron chi connectivity index (χ3n) is 3.29. The van der Waals surface area contributed by atoms with Crippen molar-refractivity contribution in [3.05, 3.63) is 0 Å². The van der Waals surface area contributed by atoms with Crippen molar-refractivity contribution >= 4 is 27.7 Å². The highest BCUT2D eigenvalue weighted by Crippen LogP contribution is 2.07. The summed E-state index contributed by atoms with van der Waals surface area (Å²) >= 11 is 0. The second-order valence-corrected chi connectivity index (χ2v) is 6.56. The molecule has 0 unspecified atom stereocenters. The van der Waals surface area contributed by atoms with Gasteiger partial charge in [0, 0.05) is 38.5 Å². The molecular formula is C15H26O7S. The Balaban J connectivity index is 3.61. The lowest BCUT2D eigenvalue weighted by Crippen LogP contribution is -2.08. The van der Waals surface area contributed by atoms with Crippen LogP contribution in [0.2, 0.25) is 0 Å². The molecule has 0 aliphatic carbocycles. The van der Waals surface area contributed by atoms with Crippen molar-refractivity contribution in [2.24, 2.45) is 0 Å². The fourth-order valence-electron chi connectivity index (χ4n) is 1.79. The first-order chi connectivity index (χ1) is 10.8. The largest absolute Gasteiger partial charge is 0.399 e. The summed E-state index contributed by atoms with van der Waals surface area (Å²) in [6, 6.07) is 0. The molecule has 0 rings (SSSR count). The van der Waals surface area contributed by atoms with Gasteiger partial charge in [0.2, 0.25) is 0 Å². The first kappa shape index (κ1) is 21.9. The Kier molecular flexibility index (Phi) is 11.7. The average molecular weight is 350 g/mol. The van der Waals surface area contributed by atoms with Gasteiger partial charge in [-0.15, -0.1) is 0 Å². The van der Waals surface area contributed by atoms with Crippen LogP contribution in [0.4, 0.5) is 0 Å². The summed E-state index contributed by atoms with van der Waals surface area (Å²) in [7, 11) is -2.86. The normalized spacial score (nSPS) is 11.4. The molecular weight excluding hydrogens is 324 g/mol. The minimum Gasteiger partial charge on any atom is -0.300 e. The Morgan fingerprint density at radius 3 is 1.83 bits per heavy atom. The van der Waals surface area contributed by atoms with Gasteiger partial charge in [0.05, 0.1) is 13.7 Å². The van der Waals surface area contributed by atoms with Crippen LogP contribution >= 0.6 is 0 Å². The van der Waals surface area contributed by atoms with Crippen LogP contribution in [0, 0.1) is 0 Å². The lowest BCUT2D eigenvalue weighted by molar-refractivity contribution is -0.126. The van der Waals surface area contributed by atoms with E-state index in [0.717, 1.165) is 7.11 Å². The van der Waals surface area contributed by atoms with Gasteiger partial charge in [0.15, 0.2) is 0 Å². The Labute approximate surface area is 138 Å². The predicted molar refractivity (Wildman–Crippen MR) is 84.1 cm³/mol. The fraction of sp³-hybridized carbons (Fsp3) is 0.800. The molecule has 0 bridgehead atoms. The molecule has 0 aromatic rings. The second kappa shape index (κ2) is 12.3. The smallest absolute Gasteiger partial charge is 0.300 e. The first-order valence-corrected chi connectivity index (χ1v) is 9.14. The van der Waals surface area contributed by atoms with Crippen LogP contribution in [0.25, 0.3) is 0 Å². The van der Waals surface area contributed by atoms with Crippen LogP contribution in [0.5, 0.6) is 0 Å². The van der Waals surface area contributed by atoms with E-state index in [9.17, 15) is 22.8 Å². The van der Waals surface area contributed by atoms with Gasteiger partial charge in [-0.1, -0.05) is 13.3 Å². The van der Waals surface area contributed by atoms with Crippen LogP contribution in [0.1, 0.15) is 64.7 Å². The summed E-state index contributed by atoms with van der Waals surface area (Å²) in [5.41, 5.74) is 0. The van der Waals surface area contributed by atoms with E-state index in [0.29, 0.717) is 32.1 Å². The van der Waals surface area contributed by atoms with E-state index in [1.165, 1.54) is 0 Å². The number of rotatable bonds is 15. The molecule has 8 heteroatoms. The number of carbonyl (C=O) groups is 3. The van der Waals surface area contributed by atoms with Gasteiger partial charge in [-0.2, -0.15) is 8.42 Å². The van der Waals surface area contributed by atoms with E-state index in [1.54, 1.807) is 6.92 Å². The maximum Gasteiger partial charge on any atom is 0.399 e. The highest BCUT2D eigenvalue weighted by Gasteiger charge is 2.10. The number of Topliss-reactive ketones (excluding diaryl/α,β-unsaturated/α-hetero) is 3. The Morgan fingerprint density at radius 1 is 0.783 bits per heavy atom. The molecule has 0 aromatic heterocycles. The molecule has 0 heterocycles. The molecule has 0 atom stereocenters. The van der Waals surface area contributed by atoms with Gasteiger partial charge in [-0.05, 0) is 12.8 Å². The quantitative estimate of drug-likeness (QED) is 0.417. The lowest BCUT2D eigenvalue weighted by atomic mass is 10.0. The zero-order valence-electron chi connectivity index (χ0n) is 13.8. The number of carbonyl (C=O) groups excluding carboxylic acids is 3. The van der Waals surface area contributed by atoms with Crippen molar-refractivity contribution in [1.82, 2.24) is 0 Å². The molecule has 0 amide bonds. The molecule has 23 heavy (non-hydrogen) atoms. The molecule has 0 aromatic carbocycles. The first-order valence-electron chi connectivity index (χ1n) is 7.80. The van der Waals surface area contributed by atoms with Crippen molar-refractivity contribution in [3.8, 4) is 0 Å². The van der Waals surface area contributed by atoms with Crippen molar-refractivity contribution in [1.29, 1.82) is 0 Å². The van der Waals surface area contributed by atoms with Crippen LogP contribution in [0.15, 0.2) is 0 Å². The zero-order chi connectivity index (χ0) is 17.7. The molecule has 0 radical (unpaired) electrons. The van der Waals surface area contributed by atoms with E-state index in [1.807, 2.05) is 0 Å². The maximum atomic E-state index is 11.6. The van der Waals surface area contributed by atoms with Gasteiger partial charge in [-0.25, -0.2) is 4.18 Å². The number of hydrogen-bond donors (Lipinski definition) is 0. The molecule has 0 aliphatic rings. The van der Waals surface area contributed by atoms with E-state index in [2.05, 4.69) is 8.37 Å². The van der Waals surface area contributed by atoms with Crippen molar-refractivity contribution in [2.45, 2.75) is 64.7 Å². The number of ketones is 3. The van der Waals surface area contributed by atoms with Gasteiger partial charge >= 0.3 is 10.4 Å². The van der Waals surface area contributed by atoms with Crippen LogP contribution in [-0.4, -0.2) is 39.5 Å². The highest BCUT2D eigenvalue weighted by molar-refractivity contribution is 7.81. The van der Waals surface area contributed by atoms with Crippen molar-refractivity contribution in [2.75, 3.05) is 13.7 Å². The predicted octanol–water partition coefficient (Wildman–Crippen LogP) is 2.13. The molecule has 0 N–H and O–H groups in total. The third kappa shape index (κ3) is 13.1. The summed E-state index contributed by atoms with van der Waals surface area (Å²) < 4.78 is 30.3. The summed E-state index contributed by atoms with van der Waals surface area (Å²) in [6.45, 7) is 1.78. The molecule has 134 valence electrons. The second-order valence-electron chi connectivity index (χ2n) is 5.18. The van der Waals surface area contributed by atoms with Crippen LogP contribution < -0.4 is 0 Å². The molecule has 0 saturated carbocycles. The van der Waals surface area contributed by atoms with E-state index in [-0.39, 0.29) is 49.6 Å². The van der Waals surface area contributed by atoms with Crippen molar-refractivity contribution < 1.29 is 31.2 Å². The SMILES string of the molecule is CCC(=O)CCC(=O)CCC(=O)CCCCCOS(=O)(=O)OC. The zero-order valence-corrected chi connectivity index (χ0v) is 14.7. The molecule has 0 aliphatic heterocycles. The standard InChI is InChI=1S/C15H26O7S/c1-3-13(16)8-9-15(18)11-10-14(17)7-5-4-6-12-22-23(19,20)21-2/h3-12H2,1-2H3. The van der Waals surface area contributed by atoms with Crippen LogP contribution in [-0.2, 0) is 33.1 Å².